The van der Waals surface area contributed by atoms with Crippen LogP contribution in [0.2, 0.25) is 0 Å². The molecule has 4 nitrogen and oxygen atoms in total. The molecule has 1 N–H and O–H groups in total. The summed E-state index contributed by atoms with van der Waals surface area (Å²) in [6.45, 7) is 0. The van der Waals surface area contributed by atoms with Gasteiger partial charge in [-0.15, -0.1) is 0 Å². The van der Waals surface area contributed by atoms with Gasteiger partial charge in [0.05, 0.1) is 13.3 Å². The van der Waals surface area contributed by atoms with Crippen molar-refractivity contribution in [1.29, 1.82) is 0 Å². The number of hydrogen-bond acceptors (Lipinski definition) is 3. The molecule has 0 saturated carbocycles. The first-order valence-corrected chi connectivity index (χ1v) is 7.62. The Morgan fingerprint density at radius 2 is 1.96 bits per heavy atom. The first-order chi connectivity index (χ1) is 11.7. The predicted octanol–water partition coefficient (Wildman–Crippen LogP) is 3.95. The number of methoxy groups -OCH3 is 1. The monoisotopic (exact) mass is 324 g/mol. The molecule has 0 aliphatic carbocycles. The van der Waals surface area contributed by atoms with E-state index in [1.54, 1.807) is 31.5 Å². The summed E-state index contributed by atoms with van der Waals surface area (Å²) in [6.07, 6.45) is 3.73. The number of amides is 1. The van der Waals surface area contributed by atoms with Crippen LogP contribution in [0.25, 0.3) is 10.8 Å². The van der Waals surface area contributed by atoms with Gasteiger partial charge in [0.1, 0.15) is 11.6 Å². The van der Waals surface area contributed by atoms with Gasteiger partial charge in [-0.05, 0) is 36.2 Å². The molecule has 0 saturated heterocycles. The summed E-state index contributed by atoms with van der Waals surface area (Å²) in [5, 5.41) is 3.95. The van der Waals surface area contributed by atoms with Crippen LogP contribution in [0.1, 0.15) is 12.0 Å². The van der Waals surface area contributed by atoms with Gasteiger partial charge in [-0.2, -0.15) is 0 Å². The van der Waals surface area contributed by atoms with Crippen LogP contribution in [0.5, 0.6) is 5.75 Å². The molecule has 122 valence electrons. The zero-order chi connectivity index (χ0) is 16.9. The molecule has 0 unspecified atom stereocenters. The van der Waals surface area contributed by atoms with Crippen molar-refractivity contribution in [2.24, 2.45) is 0 Å². The van der Waals surface area contributed by atoms with Gasteiger partial charge in [0.15, 0.2) is 0 Å². The van der Waals surface area contributed by atoms with Crippen molar-refractivity contribution in [3.05, 3.63) is 66.2 Å². The van der Waals surface area contributed by atoms with E-state index < -0.39 is 5.82 Å². The molecule has 24 heavy (non-hydrogen) atoms. The molecule has 3 aromatic rings. The number of nitrogens with one attached hydrogen (secondary N) is 1. The minimum atomic E-state index is -0.401. The van der Waals surface area contributed by atoms with E-state index in [1.165, 1.54) is 0 Å². The Kier molecular flexibility index (Phi) is 4.70. The normalized spacial score (nSPS) is 10.6. The second-order valence-electron chi connectivity index (χ2n) is 5.45. The molecule has 1 heterocycles. The molecule has 0 atom stereocenters. The predicted molar refractivity (Wildman–Crippen MR) is 91.6 cm³/mol. The Morgan fingerprint density at radius 1 is 1.17 bits per heavy atom. The quantitative estimate of drug-likeness (QED) is 0.773. The maximum atomic E-state index is 13.7. The molecule has 0 radical (unpaired) electrons. The van der Waals surface area contributed by atoms with E-state index in [1.807, 2.05) is 24.3 Å². The van der Waals surface area contributed by atoms with Gasteiger partial charge < -0.3 is 10.1 Å². The number of halogens is 1. The Hall–Kier alpha value is -2.95. The molecule has 2 aromatic carbocycles. The van der Waals surface area contributed by atoms with Gasteiger partial charge in [-0.25, -0.2) is 4.39 Å². The fraction of sp³-hybridized carbons (Fsp3) is 0.158. The fourth-order valence-corrected chi connectivity index (χ4v) is 2.48. The van der Waals surface area contributed by atoms with Gasteiger partial charge in [0, 0.05) is 29.1 Å². The van der Waals surface area contributed by atoms with Crippen LogP contribution in [0.3, 0.4) is 0 Å². The smallest absolute Gasteiger partial charge is 0.224 e. The number of benzene rings is 2. The number of aryl methyl sites for hydroxylation is 1. The van der Waals surface area contributed by atoms with E-state index in [9.17, 15) is 9.18 Å². The van der Waals surface area contributed by atoms with E-state index in [0.717, 1.165) is 17.5 Å². The Bertz CT molecular complexity index is 863. The lowest BCUT2D eigenvalue weighted by Gasteiger charge is -2.07. The van der Waals surface area contributed by atoms with Gasteiger partial charge in [0.2, 0.25) is 5.91 Å². The number of aromatic nitrogens is 1. The molecule has 1 amide bonds. The summed E-state index contributed by atoms with van der Waals surface area (Å²) < 4.78 is 18.9. The number of rotatable bonds is 5. The summed E-state index contributed by atoms with van der Waals surface area (Å²) in [6, 6.07) is 12.7. The minimum absolute atomic E-state index is 0.111. The largest absolute Gasteiger partial charge is 0.497 e. The van der Waals surface area contributed by atoms with Gasteiger partial charge in [0.25, 0.3) is 0 Å². The molecule has 3 rings (SSSR count). The topological polar surface area (TPSA) is 51.2 Å². The van der Waals surface area contributed by atoms with Crippen molar-refractivity contribution in [1.82, 2.24) is 4.98 Å². The molecule has 5 heteroatoms. The SMILES string of the molecule is COc1ccc(CCC(=O)Nc2ccc3cncc(F)c3c2)cc1. The summed E-state index contributed by atoms with van der Waals surface area (Å²) in [5.74, 6) is 0.275. The lowest BCUT2D eigenvalue weighted by atomic mass is 10.1. The van der Waals surface area contributed by atoms with Crippen LogP contribution in [-0.4, -0.2) is 18.0 Å². The van der Waals surface area contributed by atoms with Crippen molar-refractivity contribution in [3.63, 3.8) is 0 Å². The fourth-order valence-electron chi connectivity index (χ4n) is 2.48. The second-order valence-corrected chi connectivity index (χ2v) is 5.45. The number of hydrogen-bond donors (Lipinski definition) is 1. The third-order valence-electron chi connectivity index (χ3n) is 3.80. The molecular weight excluding hydrogens is 307 g/mol. The molecule has 0 spiro atoms. The summed E-state index contributed by atoms with van der Waals surface area (Å²) in [5.41, 5.74) is 1.63. The lowest BCUT2D eigenvalue weighted by Crippen LogP contribution is -2.12. The number of ether oxygens (including phenoxy) is 1. The third kappa shape index (κ3) is 3.68. The molecule has 0 fully saturated rings. The molecular formula is C19H17FN2O2. The highest BCUT2D eigenvalue weighted by molar-refractivity contribution is 5.94. The number of nitrogens with zero attached hydrogens (tertiary/aromatic N) is 1. The van der Waals surface area contributed by atoms with Gasteiger partial charge in [-0.3, -0.25) is 9.78 Å². The zero-order valence-corrected chi connectivity index (χ0v) is 13.3. The van der Waals surface area contributed by atoms with Crippen LogP contribution < -0.4 is 10.1 Å². The number of fused-ring (bicyclic) bond motifs is 1. The zero-order valence-electron chi connectivity index (χ0n) is 13.3. The van der Waals surface area contributed by atoms with Crippen molar-refractivity contribution in [3.8, 4) is 5.75 Å². The van der Waals surface area contributed by atoms with Crippen LogP contribution in [0, 0.1) is 5.82 Å². The van der Waals surface area contributed by atoms with Crippen LogP contribution in [0.4, 0.5) is 10.1 Å². The lowest BCUT2D eigenvalue weighted by molar-refractivity contribution is -0.116. The van der Waals surface area contributed by atoms with E-state index in [-0.39, 0.29) is 5.91 Å². The Morgan fingerprint density at radius 3 is 2.71 bits per heavy atom. The number of carbonyl (C=O) groups is 1. The van der Waals surface area contributed by atoms with Crippen LogP contribution in [-0.2, 0) is 11.2 Å². The molecule has 0 aliphatic heterocycles. The minimum Gasteiger partial charge on any atom is -0.497 e. The molecule has 0 bridgehead atoms. The van der Waals surface area contributed by atoms with Crippen molar-refractivity contribution in [2.75, 3.05) is 12.4 Å². The molecule has 1 aromatic heterocycles. The van der Waals surface area contributed by atoms with E-state index in [4.69, 9.17) is 4.74 Å². The number of pyridine rings is 1. The van der Waals surface area contributed by atoms with Crippen molar-refractivity contribution < 1.29 is 13.9 Å². The van der Waals surface area contributed by atoms with E-state index >= 15 is 0 Å². The third-order valence-corrected chi connectivity index (χ3v) is 3.80. The van der Waals surface area contributed by atoms with Crippen LogP contribution >= 0.6 is 0 Å². The standard InChI is InChI=1S/C19H17FN2O2/c1-24-16-7-2-13(3-8-16)4-9-19(23)22-15-6-5-14-11-21-12-18(20)17(14)10-15/h2-3,5-8,10-12H,4,9H2,1H3,(H,22,23). The van der Waals surface area contributed by atoms with Crippen LogP contribution in [0.15, 0.2) is 54.9 Å². The average molecular weight is 324 g/mol. The Balaban J connectivity index is 1.63. The van der Waals surface area contributed by atoms with Gasteiger partial charge >= 0.3 is 0 Å². The maximum Gasteiger partial charge on any atom is 0.224 e. The van der Waals surface area contributed by atoms with E-state index in [2.05, 4.69) is 10.3 Å². The van der Waals surface area contributed by atoms with E-state index in [0.29, 0.717) is 29.3 Å². The maximum absolute atomic E-state index is 13.7. The second kappa shape index (κ2) is 7.08. The Labute approximate surface area is 139 Å². The summed E-state index contributed by atoms with van der Waals surface area (Å²) >= 11 is 0. The van der Waals surface area contributed by atoms with Crippen molar-refractivity contribution >= 4 is 22.4 Å². The summed E-state index contributed by atoms with van der Waals surface area (Å²) in [4.78, 5) is 15.9. The van der Waals surface area contributed by atoms with Gasteiger partial charge in [-0.1, -0.05) is 18.2 Å². The average Bonchev–Trinajstić information content (AvgIpc) is 2.61. The highest BCUT2D eigenvalue weighted by Gasteiger charge is 2.06. The highest BCUT2D eigenvalue weighted by Crippen LogP contribution is 2.21. The first kappa shape index (κ1) is 15.9. The number of carbonyl (C=O) groups excluding carboxylic acids is 1. The van der Waals surface area contributed by atoms with Crippen molar-refractivity contribution in [2.45, 2.75) is 12.8 Å². The summed E-state index contributed by atoms with van der Waals surface area (Å²) in [7, 11) is 1.62. The first-order valence-electron chi connectivity index (χ1n) is 7.62. The molecule has 0 aliphatic rings. The number of anilines is 1. The highest BCUT2D eigenvalue weighted by atomic mass is 19.1.